The number of nitrogens with one attached hydrogen (secondary N) is 2. The summed E-state index contributed by atoms with van der Waals surface area (Å²) in [6, 6.07) is 0.154. The summed E-state index contributed by atoms with van der Waals surface area (Å²) in [5.74, 6) is -2.23. The average molecular weight is 282 g/mol. The minimum atomic E-state index is -0.919. The fourth-order valence-electron chi connectivity index (χ4n) is 2.45. The van der Waals surface area contributed by atoms with Crippen LogP contribution in [0.3, 0.4) is 0 Å². The summed E-state index contributed by atoms with van der Waals surface area (Å²) >= 11 is 0. The van der Waals surface area contributed by atoms with Crippen LogP contribution in [0, 0.1) is 11.8 Å². The molecule has 0 aromatic carbocycles. The van der Waals surface area contributed by atoms with Crippen LogP contribution in [0.4, 0.5) is 5.95 Å². The van der Waals surface area contributed by atoms with Crippen molar-refractivity contribution in [2.24, 2.45) is 11.8 Å². The summed E-state index contributed by atoms with van der Waals surface area (Å²) < 4.78 is 5.07. The van der Waals surface area contributed by atoms with Crippen LogP contribution in [-0.4, -0.2) is 38.8 Å². The van der Waals surface area contributed by atoms with Crippen molar-refractivity contribution >= 4 is 17.8 Å². The van der Waals surface area contributed by atoms with E-state index in [2.05, 4.69) is 20.5 Å². The number of hydrogen-bond donors (Lipinski definition) is 3. The van der Waals surface area contributed by atoms with E-state index in [1.54, 1.807) is 6.92 Å². The maximum atomic E-state index is 12.1. The van der Waals surface area contributed by atoms with Crippen molar-refractivity contribution in [1.29, 1.82) is 0 Å². The number of rotatable bonds is 5. The van der Waals surface area contributed by atoms with E-state index >= 15 is 0 Å². The monoisotopic (exact) mass is 282 g/mol. The Balaban J connectivity index is 2.00. The van der Waals surface area contributed by atoms with Crippen molar-refractivity contribution in [3.05, 3.63) is 0 Å². The van der Waals surface area contributed by atoms with E-state index in [0.717, 1.165) is 12.8 Å². The fourth-order valence-corrected chi connectivity index (χ4v) is 2.45. The zero-order chi connectivity index (χ0) is 14.5. The van der Waals surface area contributed by atoms with E-state index in [1.165, 1.54) is 0 Å². The molecule has 8 nitrogen and oxygen atoms in total. The van der Waals surface area contributed by atoms with E-state index < -0.39 is 17.8 Å². The van der Waals surface area contributed by atoms with Crippen molar-refractivity contribution in [2.45, 2.75) is 32.6 Å². The number of anilines is 1. The molecule has 1 aromatic heterocycles. The fraction of sp³-hybridized carbons (Fsp3) is 0.667. The van der Waals surface area contributed by atoms with E-state index in [9.17, 15) is 9.59 Å². The van der Waals surface area contributed by atoms with Gasteiger partial charge in [0.2, 0.25) is 11.9 Å². The van der Waals surface area contributed by atoms with Gasteiger partial charge in [0, 0.05) is 0 Å². The third-order valence-corrected chi connectivity index (χ3v) is 3.40. The zero-order valence-electron chi connectivity index (χ0n) is 11.3. The topological polar surface area (TPSA) is 117 Å². The standard InChI is InChI=1S/C12H18N4O4/c1-2-20-12-14-11(15-16-12)13-9(17)7-5-3-4-6-8(7)10(18)19/h7-8H,2-6H2,1H3,(H,18,19)(H2,13,14,15,16,17)/t7-,8+/m1/s1. The van der Waals surface area contributed by atoms with Gasteiger partial charge in [-0.1, -0.05) is 12.8 Å². The lowest BCUT2D eigenvalue weighted by Crippen LogP contribution is -2.36. The van der Waals surface area contributed by atoms with Crippen LogP contribution < -0.4 is 10.1 Å². The zero-order valence-corrected chi connectivity index (χ0v) is 11.3. The quantitative estimate of drug-likeness (QED) is 0.742. The van der Waals surface area contributed by atoms with Crippen molar-refractivity contribution in [2.75, 3.05) is 11.9 Å². The third kappa shape index (κ3) is 3.25. The van der Waals surface area contributed by atoms with Crippen LogP contribution in [0.15, 0.2) is 0 Å². The van der Waals surface area contributed by atoms with Gasteiger partial charge in [-0.15, -0.1) is 5.10 Å². The highest BCUT2D eigenvalue weighted by Crippen LogP contribution is 2.31. The van der Waals surface area contributed by atoms with Gasteiger partial charge in [-0.05, 0) is 19.8 Å². The largest absolute Gasteiger partial charge is 0.481 e. The van der Waals surface area contributed by atoms with Gasteiger partial charge >= 0.3 is 12.0 Å². The molecule has 0 radical (unpaired) electrons. The van der Waals surface area contributed by atoms with Gasteiger partial charge in [0.1, 0.15) is 0 Å². The molecule has 3 N–H and O–H groups in total. The lowest BCUT2D eigenvalue weighted by Gasteiger charge is -2.26. The van der Waals surface area contributed by atoms with E-state index in [4.69, 9.17) is 9.84 Å². The second-order valence-electron chi connectivity index (χ2n) is 4.72. The first-order chi connectivity index (χ1) is 9.61. The van der Waals surface area contributed by atoms with Crippen LogP contribution in [0.1, 0.15) is 32.6 Å². The van der Waals surface area contributed by atoms with E-state index in [-0.39, 0.29) is 17.9 Å². The summed E-state index contributed by atoms with van der Waals surface area (Å²) in [7, 11) is 0. The number of carbonyl (C=O) groups excluding carboxylic acids is 1. The van der Waals surface area contributed by atoms with Gasteiger partial charge < -0.3 is 9.84 Å². The Bertz CT molecular complexity index is 488. The first-order valence-electron chi connectivity index (χ1n) is 6.70. The molecule has 0 bridgehead atoms. The van der Waals surface area contributed by atoms with Gasteiger partial charge in [0.25, 0.3) is 0 Å². The van der Waals surface area contributed by atoms with Gasteiger partial charge in [0.05, 0.1) is 18.4 Å². The maximum Gasteiger partial charge on any atom is 0.337 e. The van der Waals surface area contributed by atoms with Crippen LogP contribution in [0.25, 0.3) is 0 Å². The average Bonchev–Trinajstić information content (AvgIpc) is 2.86. The van der Waals surface area contributed by atoms with Crippen molar-refractivity contribution < 1.29 is 19.4 Å². The molecular weight excluding hydrogens is 264 g/mol. The molecule has 0 spiro atoms. The smallest absolute Gasteiger partial charge is 0.337 e. The molecule has 110 valence electrons. The highest BCUT2D eigenvalue weighted by Gasteiger charge is 2.36. The van der Waals surface area contributed by atoms with Gasteiger partial charge in [0.15, 0.2) is 0 Å². The minimum absolute atomic E-state index is 0.154. The molecule has 2 atom stereocenters. The second-order valence-corrected chi connectivity index (χ2v) is 4.72. The minimum Gasteiger partial charge on any atom is -0.481 e. The number of aliphatic carboxylic acids is 1. The second kappa shape index (κ2) is 6.36. The number of aromatic nitrogens is 3. The molecule has 0 unspecified atom stereocenters. The highest BCUT2D eigenvalue weighted by atomic mass is 16.5. The van der Waals surface area contributed by atoms with Crippen molar-refractivity contribution in [1.82, 2.24) is 15.2 Å². The number of carboxylic acid groups (broad SMARTS) is 1. The number of hydrogen-bond acceptors (Lipinski definition) is 5. The SMILES string of the molecule is CCOc1n[nH]c(NC(=O)[C@@H]2CCCC[C@@H]2C(=O)O)n1. The molecule has 1 aliphatic carbocycles. The normalized spacial score (nSPS) is 22.2. The predicted molar refractivity (Wildman–Crippen MR) is 69.3 cm³/mol. The van der Waals surface area contributed by atoms with E-state index in [0.29, 0.717) is 19.4 Å². The summed E-state index contributed by atoms with van der Waals surface area (Å²) in [5.41, 5.74) is 0. The van der Waals surface area contributed by atoms with Gasteiger partial charge in [-0.2, -0.15) is 4.98 Å². The van der Waals surface area contributed by atoms with E-state index in [1.807, 2.05) is 0 Å². The molecule has 1 amide bonds. The number of H-pyrrole nitrogens is 1. The number of ether oxygens (including phenoxy) is 1. The van der Waals surface area contributed by atoms with Crippen molar-refractivity contribution in [3.63, 3.8) is 0 Å². The predicted octanol–water partition coefficient (Wildman–Crippen LogP) is 1.03. The molecule has 0 saturated heterocycles. The molecule has 1 aromatic rings. The summed E-state index contributed by atoms with van der Waals surface area (Å²) in [6.45, 7) is 2.23. The van der Waals surface area contributed by atoms with Crippen LogP contribution in [0.5, 0.6) is 6.01 Å². The number of nitrogens with zero attached hydrogens (tertiary/aromatic N) is 2. The number of aromatic amines is 1. The van der Waals surface area contributed by atoms with Crippen LogP contribution in [0.2, 0.25) is 0 Å². The lowest BCUT2D eigenvalue weighted by atomic mass is 9.79. The summed E-state index contributed by atoms with van der Waals surface area (Å²) in [4.78, 5) is 27.3. The van der Waals surface area contributed by atoms with Crippen molar-refractivity contribution in [3.8, 4) is 6.01 Å². The molecule has 1 saturated carbocycles. The molecule has 2 rings (SSSR count). The lowest BCUT2D eigenvalue weighted by molar-refractivity contribution is -0.147. The molecule has 20 heavy (non-hydrogen) atoms. The Hall–Kier alpha value is -2.12. The van der Waals surface area contributed by atoms with Crippen LogP contribution >= 0.6 is 0 Å². The molecular formula is C12H18N4O4. The van der Waals surface area contributed by atoms with Gasteiger partial charge in [-0.25, -0.2) is 5.10 Å². The Kier molecular flexibility index (Phi) is 4.54. The first-order valence-corrected chi connectivity index (χ1v) is 6.70. The molecule has 1 fully saturated rings. The van der Waals surface area contributed by atoms with Gasteiger partial charge in [-0.3, -0.25) is 14.9 Å². The molecule has 8 heteroatoms. The highest BCUT2D eigenvalue weighted by molar-refractivity contribution is 5.93. The molecule has 1 heterocycles. The van der Waals surface area contributed by atoms with Crippen LogP contribution in [-0.2, 0) is 9.59 Å². The summed E-state index contributed by atoms with van der Waals surface area (Å²) in [5, 5.41) is 18.0. The molecule has 0 aliphatic heterocycles. The summed E-state index contributed by atoms with van der Waals surface area (Å²) in [6.07, 6.45) is 2.82. The maximum absolute atomic E-state index is 12.1. The Morgan fingerprint density at radius 2 is 2.10 bits per heavy atom. The number of carboxylic acids is 1. The molecule has 1 aliphatic rings. The Labute approximate surface area is 115 Å². The third-order valence-electron chi connectivity index (χ3n) is 3.40. The Morgan fingerprint density at radius 1 is 1.40 bits per heavy atom. The number of amides is 1. The first kappa shape index (κ1) is 14.3. The number of carbonyl (C=O) groups is 2. The Morgan fingerprint density at radius 3 is 2.75 bits per heavy atom.